The molecular formula is C18H21O3P. The third-order valence-electron chi connectivity index (χ3n) is 3.07. The summed E-state index contributed by atoms with van der Waals surface area (Å²) in [7, 11) is -3.27. The topological polar surface area (TPSA) is 35.5 Å². The fourth-order valence-corrected chi connectivity index (χ4v) is 3.74. The third-order valence-corrected chi connectivity index (χ3v) is 4.89. The zero-order valence-electron chi connectivity index (χ0n) is 12.9. The van der Waals surface area contributed by atoms with Crippen LogP contribution < -0.4 is 0 Å². The molecule has 0 aromatic heterocycles. The molecule has 0 aliphatic rings. The first kappa shape index (κ1) is 16.7. The van der Waals surface area contributed by atoms with E-state index < -0.39 is 7.60 Å². The van der Waals surface area contributed by atoms with E-state index in [1.54, 1.807) is 5.82 Å². The van der Waals surface area contributed by atoms with Gasteiger partial charge in [0.1, 0.15) is 0 Å². The van der Waals surface area contributed by atoms with E-state index >= 15 is 0 Å². The van der Waals surface area contributed by atoms with Crippen molar-refractivity contribution in [2.75, 3.05) is 13.2 Å². The van der Waals surface area contributed by atoms with Crippen LogP contribution in [-0.2, 0) is 13.6 Å². The van der Waals surface area contributed by atoms with Gasteiger partial charge in [0.25, 0.3) is 0 Å². The molecule has 116 valence electrons. The molecule has 0 spiro atoms. The van der Waals surface area contributed by atoms with E-state index in [4.69, 9.17) is 9.05 Å². The highest BCUT2D eigenvalue weighted by Gasteiger charge is 2.22. The Morgan fingerprint density at radius 3 is 1.64 bits per heavy atom. The summed E-state index contributed by atoms with van der Waals surface area (Å²) in [6.45, 7) is 4.30. The van der Waals surface area contributed by atoms with Crippen molar-refractivity contribution in [2.24, 2.45) is 0 Å². The lowest BCUT2D eigenvalue weighted by Gasteiger charge is -2.16. The Labute approximate surface area is 132 Å². The smallest absolute Gasteiger partial charge is 0.306 e. The molecule has 0 bridgehead atoms. The lowest BCUT2D eigenvalue weighted by Crippen LogP contribution is -1.95. The minimum absolute atomic E-state index is 0.338. The number of benzene rings is 2. The maximum atomic E-state index is 12.8. The molecule has 2 aromatic carbocycles. The molecule has 2 rings (SSSR count). The van der Waals surface area contributed by atoms with Crippen molar-refractivity contribution in [3.05, 3.63) is 77.6 Å². The molecule has 0 heterocycles. The molecular weight excluding hydrogens is 295 g/mol. The van der Waals surface area contributed by atoms with Crippen molar-refractivity contribution >= 4 is 13.2 Å². The van der Waals surface area contributed by atoms with Crippen LogP contribution in [0.2, 0.25) is 0 Å². The lowest BCUT2D eigenvalue weighted by molar-refractivity contribution is 0.229. The summed E-state index contributed by atoms with van der Waals surface area (Å²) in [4.78, 5) is 0. The van der Waals surface area contributed by atoms with E-state index in [-0.39, 0.29) is 0 Å². The van der Waals surface area contributed by atoms with Crippen molar-refractivity contribution in [2.45, 2.75) is 13.8 Å². The van der Waals surface area contributed by atoms with Gasteiger partial charge < -0.3 is 9.05 Å². The summed E-state index contributed by atoms with van der Waals surface area (Å²) >= 11 is 0. The van der Waals surface area contributed by atoms with Gasteiger partial charge in [-0.2, -0.15) is 0 Å². The van der Waals surface area contributed by atoms with Crippen LogP contribution in [0.3, 0.4) is 0 Å². The average Bonchev–Trinajstić information content (AvgIpc) is 2.55. The first-order valence-corrected chi connectivity index (χ1v) is 9.02. The molecule has 0 atom stereocenters. The fraction of sp³-hybridized carbons (Fsp3) is 0.222. The van der Waals surface area contributed by atoms with Crippen molar-refractivity contribution in [1.29, 1.82) is 0 Å². The quantitative estimate of drug-likeness (QED) is 0.647. The number of hydrogen-bond donors (Lipinski definition) is 0. The van der Waals surface area contributed by atoms with Crippen LogP contribution in [-0.4, -0.2) is 13.2 Å². The predicted molar refractivity (Wildman–Crippen MR) is 90.8 cm³/mol. The van der Waals surface area contributed by atoms with Crippen LogP contribution in [0.1, 0.15) is 25.0 Å². The zero-order valence-corrected chi connectivity index (χ0v) is 13.8. The summed E-state index contributed by atoms with van der Waals surface area (Å²) < 4.78 is 23.7. The molecule has 4 heteroatoms. The Balaban J connectivity index is 2.53. The second-order valence-electron chi connectivity index (χ2n) is 4.65. The second-order valence-corrected chi connectivity index (χ2v) is 6.50. The van der Waals surface area contributed by atoms with Crippen LogP contribution in [0.5, 0.6) is 0 Å². The molecule has 0 N–H and O–H groups in total. The van der Waals surface area contributed by atoms with Crippen molar-refractivity contribution < 1.29 is 13.6 Å². The molecule has 22 heavy (non-hydrogen) atoms. The predicted octanol–water partition coefficient (Wildman–Crippen LogP) is 5.34. The Morgan fingerprint density at radius 2 is 1.27 bits per heavy atom. The van der Waals surface area contributed by atoms with Crippen LogP contribution in [0.25, 0.3) is 5.57 Å². The van der Waals surface area contributed by atoms with Crippen molar-refractivity contribution in [3.8, 4) is 0 Å². The van der Waals surface area contributed by atoms with E-state index in [9.17, 15) is 4.57 Å². The van der Waals surface area contributed by atoms with Gasteiger partial charge in [0, 0.05) is 5.82 Å². The first-order valence-electron chi connectivity index (χ1n) is 7.41. The van der Waals surface area contributed by atoms with Gasteiger partial charge in [0.15, 0.2) is 0 Å². The Kier molecular flexibility index (Phi) is 6.14. The molecule has 0 amide bonds. The maximum Gasteiger partial charge on any atom is 0.354 e. The molecule has 0 aliphatic carbocycles. The standard InChI is InChI=1S/C18H21O3P/c1-3-20-22(19,21-4-2)15-18(16-11-7-5-8-12-16)17-13-9-6-10-14-17/h5-15H,3-4H2,1-2H3. The summed E-state index contributed by atoms with van der Waals surface area (Å²) in [5.41, 5.74) is 2.81. The maximum absolute atomic E-state index is 12.8. The molecule has 0 saturated carbocycles. The molecule has 0 aliphatic heterocycles. The fourth-order valence-electron chi connectivity index (χ4n) is 2.18. The highest BCUT2D eigenvalue weighted by atomic mass is 31.2. The highest BCUT2D eigenvalue weighted by molar-refractivity contribution is 7.57. The van der Waals surface area contributed by atoms with Crippen LogP contribution >= 0.6 is 7.60 Å². The number of rotatable bonds is 7. The first-order chi connectivity index (χ1) is 10.7. The zero-order chi connectivity index (χ0) is 15.8. The largest absolute Gasteiger partial charge is 0.354 e. The minimum Gasteiger partial charge on any atom is -0.306 e. The molecule has 0 fully saturated rings. The molecule has 3 nitrogen and oxygen atoms in total. The van der Waals surface area contributed by atoms with Crippen molar-refractivity contribution in [3.63, 3.8) is 0 Å². The van der Waals surface area contributed by atoms with Crippen molar-refractivity contribution in [1.82, 2.24) is 0 Å². The van der Waals surface area contributed by atoms with E-state index in [2.05, 4.69) is 0 Å². The average molecular weight is 316 g/mol. The second kappa shape index (κ2) is 8.09. The Bertz CT molecular complexity index is 599. The normalized spacial score (nSPS) is 11.2. The molecule has 2 aromatic rings. The molecule has 0 radical (unpaired) electrons. The summed E-state index contributed by atoms with van der Waals surface area (Å²) in [6.07, 6.45) is 0. The monoisotopic (exact) mass is 316 g/mol. The van der Waals surface area contributed by atoms with Gasteiger partial charge in [-0.3, -0.25) is 4.57 Å². The summed E-state index contributed by atoms with van der Waals surface area (Å²) in [5, 5.41) is 0. The Morgan fingerprint density at radius 1 is 0.864 bits per heavy atom. The summed E-state index contributed by atoms with van der Waals surface area (Å²) in [6, 6.07) is 19.7. The third kappa shape index (κ3) is 4.41. The van der Waals surface area contributed by atoms with Crippen LogP contribution in [0.4, 0.5) is 0 Å². The highest BCUT2D eigenvalue weighted by Crippen LogP contribution is 2.52. The van der Waals surface area contributed by atoms with Crippen LogP contribution in [0, 0.1) is 0 Å². The van der Waals surface area contributed by atoms with Crippen LogP contribution in [0.15, 0.2) is 66.5 Å². The van der Waals surface area contributed by atoms with Gasteiger partial charge >= 0.3 is 7.60 Å². The molecule has 0 unspecified atom stereocenters. The van der Waals surface area contributed by atoms with E-state index in [1.807, 2.05) is 74.5 Å². The van der Waals surface area contributed by atoms with Gasteiger partial charge in [-0.15, -0.1) is 0 Å². The van der Waals surface area contributed by atoms with E-state index in [0.29, 0.717) is 13.2 Å². The number of hydrogen-bond acceptors (Lipinski definition) is 3. The van der Waals surface area contributed by atoms with Gasteiger partial charge in [-0.05, 0) is 30.5 Å². The lowest BCUT2D eigenvalue weighted by atomic mass is 10.00. The summed E-state index contributed by atoms with van der Waals surface area (Å²) in [5.74, 6) is 1.63. The van der Waals surface area contributed by atoms with Gasteiger partial charge in [-0.1, -0.05) is 60.7 Å². The van der Waals surface area contributed by atoms with Gasteiger partial charge in [-0.25, -0.2) is 0 Å². The van der Waals surface area contributed by atoms with E-state index in [1.165, 1.54) is 0 Å². The SMILES string of the molecule is CCOP(=O)(C=C(c1ccccc1)c1ccccc1)OCC. The van der Waals surface area contributed by atoms with Gasteiger partial charge in [0.2, 0.25) is 0 Å². The molecule has 0 saturated heterocycles. The minimum atomic E-state index is -3.27. The van der Waals surface area contributed by atoms with Gasteiger partial charge in [0.05, 0.1) is 13.2 Å². The van der Waals surface area contributed by atoms with E-state index in [0.717, 1.165) is 16.7 Å². The Hall–Kier alpha value is -1.67.